The fourth-order valence-corrected chi connectivity index (χ4v) is 3.76. The van der Waals surface area contributed by atoms with Crippen molar-refractivity contribution >= 4 is 17.3 Å². The number of hydrogen-bond acceptors (Lipinski definition) is 4. The van der Waals surface area contributed by atoms with Gasteiger partial charge in [0, 0.05) is 24.8 Å². The number of nitrogens with two attached hydrogens (primary N) is 1. The van der Waals surface area contributed by atoms with E-state index >= 15 is 0 Å². The van der Waals surface area contributed by atoms with Gasteiger partial charge in [-0.2, -0.15) is 0 Å². The van der Waals surface area contributed by atoms with Crippen molar-refractivity contribution < 1.29 is 9.53 Å². The van der Waals surface area contributed by atoms with Crippen LogP contribution in [0.15, 0.2) is 18.2 Å². The first kappa shape index (κ1) is 16.9. The summed E-state index contributed by atoms with van der Waals surface area (Å²) in [7, 11) is 1.96. The summed E-state index contributed by atoms with van der Waals surface area (Å²) < 4.78 is 6.00. The van der Waals surface area contributed by atoms with Gasteiger partial charge in [-0.05, 0) is 31.4 Å². The summed E-state index contributed by atoms with van der Waals surface area (Å²) in [4.78, 5) is 16.9. The number of fused-ring (bicyclic) bond motifs is 1. The van der Waals surface area contributed by atoms with E-state index in [2.05, 4.69) is 11.8 Å². The molecule has 1 aliphatic carbocycles. The maximum atomic E-state index is 12.8. The average Bonchev–Trinajstić information content (AvgIpc) is 2.61. The second-order valence-electron chi connectivity index (χ2n) is 7.05. The summed E-state index contributed by atoms with van der Waals surface area (Å²) in [5.41, 5.74) is 7.55. The smallest absolute Gasteiger partial charge is 0.242 e. The number of carbonyl (C=O) groups excluding carboxylic acids is 1. The third kappa shape index (κ3) is 3.60. The summed E-state index contributed by atoms with van der Waals surface area (Å²) in [5, 5.41) is 0. The van der Waals surface area contributed by atoms with Crippen LogP contribution in [0.3, 0.4) is 0 Å². The van der Waals surface area contributed by atoms with Gasteiger partial charge in [0.2, 0.25) is 5.91 Å². The maximum absolute atomic E-state index is 12.8. The molecule has 0 spiro atoms. The van der Waals surface area contributed by atoms with Crippen molar-refractivity contribution in [1.82, 2.24) is 4.90 Å². The molecular weight excluding hydrogens is 302 g/mol. The highest BCUT2D eigenvalue weighted by molar-refractivity contribution is 5.83. The van der Waals surface area contributed by atoms with Crippen molar-refractivity contribution in [1.29, 1.82) is 0 Å². The highest BCUT2D eigenvalue weighted by atomic mass is 16.5. The summed E-state index contributed by atoms with van der Waals surface area (Å²) >= 11 is 0. The van der Waals surface area contributed by atoms with E-state index in [0.29, 0.717) is 18.3 Å². The molecule has 24 heavy (non-hydrogen) atoms. The highest BCUT2D eigenvalue weighted by Crippen LogP contribution is 2.35. The van der Waals surface area contributed by atoms with Gasteiger partial charge in [-0.25, -0.2) is 0 Å². The second kappa shape index (κ2) is 7.32. The Morgan fingerprint density at radius 3 is 2.79 bits per heavy atom. The molecule has 1 atom stereocenters. The Morgan fingerprint density at radius 2 is 2.08 bits per heavy atom. The molecule has 0 radical (unpaired) electrons. The summed E-state index contributed by atoms with van der Waals surface area (Å²) in [5.74, 6) is 0.989. The first-order valence-corrected chi connectivity index (χ1v) is 9.15. The van der Waals surface area contributed by atoms with E-state index in [-0.39, 0.29) is 12.0 Å². The molecule has 1 heterocycles. The van der Waals surface area contributed by atoms with Crippen LogP contribution < -0.4 is 15.4 Å². The molecule has 1 fully saturated rings. The first-order chi connectivity index (χ1) is 11.6. The van der Waals surface area contributed by atoms with Crippen molar-refractivity contribution in [3.05, 3.63) is 18.2 Å². The van der Waals surface area contributed by atoms with Crippen LogP contribution in [0.2, 0.25) is 0 Å². The van der Waals surface area contributed by atoms with Crippen LogP contribution in [0.25, 0.3) is 0 Å². The molecule has 0 saturated heterocycles. The molecule has 1 aliphatic heterocycles. The van der Waals surface area contributed by atoms with Crippen LogP contribution in [0.1, 0.15) is 45.4 Å². The number of ether oxygens (including phenoxy) is 1. The molecule has 1 unspecified atom stereocenters. The molecule has 0 bridgehead atoms. The Labute approximate surface area is 144 Å². The number of benzene rings is 1. The number of rotatable bonds is 4. The standard InChI is InChI=1S/C19H29N3O2/c1-3-16-12-22(17-10-9-14(20)11-18(17)24-16)13-19(23)21(2)15-7-5-4-6-8-15/h9-11,15-16H,3-8,12-13,20H2,1-2H3. The molecule has 1 aromatic rings. The van der Waals surface area contributed by atoms with E-state index in [0.717, 1.165) is 37.2 Å². The van der Waals surface area contributed by atoms with E-state index in [1.807, 2.05) is 30.1 Å². The summed E-state index contributed by atoms with van der Waals surface area (Å²) in [6.45, 7) is 3.26. The molecule has 1 amide bonds. The summed E-state index contributed by atoms with van der Waals surface area (Å²) in [6.07, 6.45) is 7.06. The number of anilines is 2. The predicted molar refractivity (Wildman–Crippen MR) is 97.4 cm³/mol. The van der Waals surface area contributed by atoms with Crippen molar-refractivity contribution in [2.75, 3.05) is 30.8 Å². The van der Waals surface area contributed by atoms with E-state index in [9.17, 15) is 4.79 Å². The quantitative estimate of drug-likeness (QED) is 0.862. The van der Waals surface area contributed by atoms with Gasteiger partial charge in [-0.1, -0.05) is 26.2 Å². The molecule has 5 heteroatoms. The third-order valence-corrected chi connectivity index (χ3v) is 5.34. The van der Waals surface area contributed by atoms with Crippen LogP contribution in [0.4, 0.5) is 11.4 Å². The van der Waals surface area contributed by atoms with Crippen molar-refractivity contribution in [2.45, 2.75) is 57.6 Å². The normalized spacial score (nSPS) is 21.1. The van der Waals surface area contributed by atoms with Gasteiger partial charge < -0.3 is 20.3 Å². The van der Waals surface area contributed by atoms with Gasteiger partial charge in [0.05, 0.1) is 18.8 Å². The van der Waals surface area contributed by atoms with E-state index in [1.54, 1.807) is 0 Å². The molecule has 5 nitrogen and oxygen atoms in total. The molecule has 3 rings (SSSR count). The highest BCUT2D eigenvalue weighted by Gasteiger charge is 2.29. The number of carbonyl (C=O) groups is 1. The summed E-state index contributed by atoms with van der Waals surface area (Å²) in [6, 6.07) is 6.10. The molecule has 2 N–H and O–H groups in total. The van der Waals surface area contributed by atoms with Gasteiger partial charge in [-0.15, -0.1) is 0 Å². The number of nitrogens with zero attached hydrogens (tertiary/aromatic N) is 2. The van der Waals surface area contributed by atoms with Gasteiger partial charge >= 0.3 is 0 Å². The lowest BCUT2D eigenvalue weighted by molar-refractivity contribution is -0.131. The topological polar surface area (TPSA) is 58.8 Å². The molecule has 1 saturated carbocycles. The maximum Gasteiger partial charge on any atom is 0.242 e. The fraction of sp³-hybridized carbons (Fsp3) is 0.632. The Balaban J connectivity index is 1.72. The Bertz CT molecular complexity index is 584. The van der Waals surface area contributed by atoms with Gasteiger partial charge in [-0.3, -0.25) is 4.79 Å². The van der Waals surface area contributed by atoms with Crippen molar-refractivity contribution in [2.24, 2.45) is 0 Å². The van der Waals surface area contributed by atoms with Crippen LogP contribution in [0.5, 0.6) is 5.75 Å². The minimum absolute atomic E-state index is 0.104. The van der Waals surface area contributed by atoms with E-state index in [4.69, 9.17) is 10.5 Å². The number of nitrogen functional groups attached to an aromatic ring is 1. The zero-order valence-electron chi connectivity index (χ0n) is 14.8. The van der Waals surface area contributed by atoms with Crippen molar-refractivity contribution in [3.8, 4) is 5.75 Å². The second-order valence-corrected chi connectivity index (χ2v) is 7.05. The molecule has 0 aromatic heterocycles. The van der Waals surface area contributed by atoms with Gasteiger partial charge in [0.25, 0.3) is 0 Å². The monoisotopic (exact) mass is 331 g/mol. The predicted octanol–water partition coefficient (Wildman–Crippen LogP) is 3.04. The first-order valence-electron chi connectivity index (χ1n) is 9.15. The molecular formula is C19H29N3O2. The number of likely N-dealkylation sites (N-methyl/N-ethyl adjacent to an activating group) is 1. The van der Waals surface area contributed by atoms with Crippen LogP contribution in [0, 0.1) is 0 Å². The zero-order chi connectivity index (χ0) is 17.1. The Hall–Kier alpha value is -1.91. The number of amides is 1. The van der Waals surface area contributed by atoms with Gasteiger partial charge in [0.1, 0.15) is 11.9 Å². The zero-order valence-corrected chi connectivity index (χ0v) is 14.8. The SMILES string of the molecule is CCC1CN(CC(=O)N(C)C2CCCCC2)c2ccc(N)cc2O1. The lowest BCUT2D eigenvalue weighted by atomic mass is 9.94. The van der Waals surface area contributed by atoms with Crippen LogP contribution in [-0.4, -0.2) is 43.1 Å². The minimum atomic E-state index is 0.104. The van der Waals surface area contributed by atoms with Gasteiger partial charge in [0.15, 0.2) is 0 Å². The van der Waals surface area contributed by atoms with E-state index in [1.165, 1.54) is 19.3 Å². The van der Waals surface area contributed by atoms with Crippen LogP contribution >= 0.6 is 0 Å². The lowest BCUT2D eigenvalue weighted by Gasteiger charge is -2.38. The molecule has 132 valence electrons. The molecule has 1 aromatic carbocycles. The Morgan fingerprint density at radius 1 is 1.33 bits per heavy atom. The lowest BCUT2D eigenvalue weighted by Crippen LogP contribution is -2.48. The molecule has 2 aliphatic rings. The van der Waals surface area contributed by atoms with Crippen molar-refractivity contribution in [3.63, 3.8) is 0 Å². The minimum Gasteiger partial charge on any atom is -0.486 e. The third-order valence-electron chi connectivity index (χ3n) is 5.34. The number of hydrogen-bond donors (Lipinski definition) is 1. The average molecular weight is 331 g/mol. The van der Waals surface area contributed by atoms with Crippen LogP contribution in [-0.2, 0) is 4.79 Å². The fourth-order valence-electron chi connectivity index (χ4n) is 3.76. The Kier molecular flexibility index (Phi) is 5.17. The van der Waals surface area contributed by atoms with E-state index < -0.39 is 0 Å². The largest absolute Gasteiger partial charge is 0.486 e.